The summed E-state index contributed by atoms with van der Waals surface area (Å²) >= 11 is 5.58. The number of piperidine rings is 1. The fourth-order valence-electron chi connectivity index (χ4n) is 3.98. The zero-order valence-corrected chi connectivity index (χ0v) is 18.3. The van der Waals surface area contributed by atoms with Crippen molar-refractivity contribution in [3.05, 3.63) is 60.3 Å². The van der Waals surface area contributed by atoms with Crippen molar-refractivity contribution in [2.45, 2.75) is 32.2 Å². The first-order valence-corrected chi connectivity index (χ1v) is 10.9. The van der Waals surface area contributed by atoms with E-state index in [0.29, 0.717) is 5.11 Å². The number of hydrogen-bond donors (Lipinski definition) is 2. The number of benzene rings is 2. The molecule has 0 unspecified atom stereocenters. The first-order chi connectivity index (χ1) is 14.7. The lowest BCUT2D eigenvalue weighted by atomic mass is 10.1. The molecule has 30 heavy (non-hydrogen) atoms. The molecule has 5 nitrogen and oxygen atoms in total. The molecule has 0 radical (unpaired) electrons. The molecule has 0 aliphatic carbocycles. The summed E-state index contributed by atoms with van der Waals surface area (Å²) in [5, 5.41) is 8.26. The van der Waals surface area contributed by atoms with Crippen LogP contribution in [0.5, 0.6) is 5.75 Å². The molecule has 0 saturated carbocycles. The van der Waals surface area contributed by atoms with Crippen LogP contribution in [0.1, 0.15) is 37.8 Å². The minimum Gasteiger partial charge on any atom is -0.494 e. The van der Waals surface area contributed by atoms with Crippen LogP contribution in [0, 0.1) is 0 Å². The van der Waals surface area contributed by atoms with Crippen molar-refractivity contribution in [3.8, 4) is 5.75 Å². The van der Waals surface area contributed by atoms with E-state index in [2.05, 4.69) is 51.7 Å². The van der Waals surface area contributed by atoms with E-state index in [1.807, 2.05) is 24.3 Å². The van der Waals surface area contributed by atoms with Gasteiger partial charge >= 0.3 is 0 Å². The maximum absolute atomic E-state index is 5.58. The van der Waals surface area contributed by atoms with Crippen LogP contribution in [-0.2, 0) is 0 Å². The molecule has 2 aromatic carbocycles. The molecular weight excluding hydrogens is 392 g/mol. The molecular formula is C24H28N4OS. The maximum atomic E-state index is 5.58. The number of nitrogens with zero attached hydrogens (tertiary/aromatic N) is 2. The van der Waals surface area contributed by atoms with Crippen molar-refractivity contribution < 1.29 is 4.74 Å². The number of anilines is 2. The number of methoxy groups -OCH3 is 1. The van der Waals surface area contributed by atoms with Crippen molar-refractivity contribution >= 4 is 39.6 Å². The van der Waals surface area contributed by atoms with Crippen LogP contribution >= 0.6 is 12.2 Å². The minimum atomic E-state index is 0.100. The topological polar surface area (TPSA) is 49.4 Å². The Morgan fingerprint density at radius 3 is 2.57 bits per heavy atom. The van der Waals surface area contributed by atoms with E-state index >= 15 is 0 Å². The van der Waals surface area contributed by atoms with Crippen LogP contribution in [0.3, 0.4) is 0 Å². The van der Waals surface area contributed by atoms with Gasteiger partial charge in [0, 0.05) is 36.0 Å². The highest BCUT2D eigenvalue weighted by Gasteiger charge is 2.13. The van der Waals surface area contributed by atoms with Crippen LogP contribution in [0.25, 0.3) is 10.9 Å². The molecule has 1 aromatic heterocycles. The molecule has 3 aromatic rings. The fraction of sp³-hybridized carbons (Fsp3) is 0.333. The molecule has 4 rings (SSSR count). The smallest absolute Gasteiger partial charge is 0.171 e. The van der Waals surface area contributed by atoms with E-state index in [1.165, 1.54) is 30.5 Å². The highest BCUT2D eigenvalue weighted by molar-refractivity contribution is 7.80. The highest BCUT2D eigenvalue weighted by atomic mass is 32.1. The summed E-state index contributed by atoms with van der Waals surface area (Å²) in [5.41, 5.74) is 4.24. The van der Waals surface area contributed by atoms with Crippen molar-refractivity contribution in [1.82, 2.24) is 10.3 Å². The Hall–Kier alpha value is -2.86. The number of fused-ring (bicyclic) bond motifs is 1. The average Bonchev–Trinajstić information content (AvgIpc) is 2.80. The van der Waals surface area contributed by atoms with Crippen LogP contribution in [0.2, 0.25) is 0 Å². The fourth-order valence-corrected chi connectivity index (χ4v) is 4.27. The maximum Gasteiger partial charge on any atom is 0.171 e. The number of rotatable bonds is 5. The number of hydrogen-bond acceptors (Lipinski definition) is 4. The normalized spacial score (nSPS) is 14.9. The van der Waals surface area contributed by atoms with Gasteiger partial charge < -0.3 is 20.3 Å². The van der Waals surface area contributed by atoms with Gasteiger partial charge in [0.1, 0.15) is 11.3 Å². The van der Waals surface area contributed by atoms with Gasteiger partial charge in [-0.05, 0) is 80.4 Å². The second kappa shape index (κ2) is 9.30. The van der Waals surface area contributed by atoms with Crippen molar-refractivity contribution in [2.75, 3.05) is 30.4 Å². The summed E-state index contributed by atoms with van der Waals surface area (Å²) in [6.07, 6.45) is 5.69. The van der Waals surface area contributed by atoms with E-state index in [0.717, 1.165) is 35.4 Å². The number of ether oxygens (including phenoxy) is 1. The minimum absolute atomic E-state index is 0.100. The molecule has 0 amide bonds. The van der Waals surface area contributed by atoms with Gasteiger partial charge in [0.2, 0.25) is 0 Å². The van der Waals surface area contributed by atoms with E-state index in [4.69, 9.17) is 17.0 Å². The molecule has 2 N–H and O–H groups in total. The molecule has 2 heterocycles. The van der Waals surface area contributed by atoms with Crippen LogP contribution in [0.15, 0.2) is 54.7 Å². The van der Waals surface area contributed by atoms with Crippen molar-refractivity contribution in [3.63, 3.8) is 0 Å². The molecule has 1 saturated heterocycles. The molecule has 1 atom stereocenters. The Balaban J connectivity index is 1.42. The molecule has 0 spiro atoms. The molecule has 0 bridgehead atoms. The van der Waals surface area contributed by atoms with Gasteiger partial charge in [-0.1, -0.05) is 12.1 Å². The zero-order valence-electron chi connectivity index (χ0n) is 17.5. The van der Waals surface area contributed by atoms with Gasteiger partial charge in [0.25, 0.3) is 0 Å². The first-order valence-electron chi connectivity index (χ1n) is 10.5. The average molecular weight is 421 g/mol. The van der Waals surface area contributed by atoms with Gasteiger partial charge in [0.15, 0.2) is 5.11 Å². The zero-order chi connectivity index (χ0) is 20.9. The number of thiocarbonyl (C=S) groups is 1. The standard InChI is InChI=1S/C24H28N4OS/c1-17(18-8-10-19(11-9-18)28-15-4-3-5-16-28)26-24(30)27-21-12-13-22(29-2)23-20(21)7-6-14-25-23/h6-14,17H,3-5,15-16H2,1-2H3,(H2,26,27,30)/t17-/m0/s1. The second-order valence-electron chi connectivity index (χ2n) is 7.67. The predicted molar refractivity (Wildman–Crippen MR) is 129 cm³/mol. The van der Waals surface area contributed by atoms with Crippen LogP contribution < -0.4 is 20.3 Å². The monoisotopic (exact) mass is 420 g/mol. The second-order valence-corrected chi connectivity index (χ2v) is 8.08. The van der Waals surface area contributed by atoms with Gasteiger partial charge in [-0.2, -0.15) is 0 Å². The lowest BCUT2D eigenvalue weighted by Gasteiger charge is -2.29. The Bertz CT molecular complexity index is 1020. The Morgan fingerprint density at radius 2 is 1.83 bits per heavy atom. The number of pyridine rings is 1. The SMILES string of the molecule is COc1ccc(NC(=S)N[C@@H](C)c2ccc(N3CCCCC3)cc2)c2cccnc12. The Morgan fingerprint density at radius 1 is 1.07 bits per heavy atom. The third-order valence-corrected chi connectivity index (χ3v) is 5.88. The van der Waals surface area contributed by atoms with Gasteiger partial charge in [0.05, 0.1) is 13.2 Å². The molecule has 1 aliphatic rings. The Kier molecular flexibility index (Phi) is 6.33. The number of aromatic nitrogens is 1. The van der Waals surface area contributed by atoms with E-state index in [9.17, 15) is 0 Å². The van der Waals surface area contributed by atoms with Gasteiger partial charge in [-0.3, -0.25) is 4.98 Å². The third-order valence-electron chi connectivity index (χ3n) is 5.66. The summed E-state index contributed by atoms with van der Waals surface area (Å²) in [7, 11) is 1.65. The van der Waals surface area contributed by atoms with E-state index in [1.54, 1.807) is 13.3 Å². The van der Waals surface area contributed by atoms with E-state index < -0.39 is 0 Å². The summed E-state index contributed by atoms with van der Waals surface area (Å²) in [6.45, 7) is 4.44. The molecule has 1 fully saturated rings. The van der Waals surface area contributed by atoms with Crippen molar-refractivity contribution in [2.24, 2.45) is 0 Å². The molecule has 156 valence electrons. The predicted octanol–water partition coefficient (Wildman–Crippen LogP) is 5.28. The van der Waals surface area contributed by atoms with Gasteiger partial charge in [-0.25, -0.2) is 0 Å². The van der Waals surface area contributed by atoms with Gasteiger partial charge in [-0.15, -0.1) is 0 Å². The quantitative estimate of drug-likeness (QED) is 0.548. The van der Waals surface area contributed by atoms with E-state index in [-0.39, 0.29) is 6.04 Å². The third kappa shape index (κ3) is 4.49. The van der Waals surface area contributed by atoms with Crippen LogP contribution in [0.4, 0.5) is 11.4 Å². The lowest BCUT2D eigenvalue weighted by Crippen LogP contribution is -2.31. The first kappa shape index (κ1) is 20.4. The summed E-state index contributed by atoms with van der Waals surface area (Å²) in [4.78, 5) is 6.92. The summed E-state index contributed by atoms with van der Waals surface area (Å²) < 4.78 is 5.42. The lowest BCUT2D eigenvalue weighted by molar-refractivity contribution is 0.419. The Labute approximate surface area is 183 Å². The summed E-state index contributed by atoms with van der Waals surface area (Å²) in [5.74, 6) is 0.747. The number of nitrogens with one attached hydrogen (secondary N) is 2. The van der Waals surface area contributed by atoms with Crippen LogP contribution in [-0.4, -0.2) is 30.3 Å². The largest absolute Gasteiger partial charge is 0.494 e. The van der Waals surface area contributed by atoms with Crippen molar-refractivity contribution in [1.29, 1.82) is 0 Å². The molecule has 1 aliphatic heterocycles. The highest BCUT2D eigenvalue weighted by Crippen LogP contribution is 2.30. The summed E-state index contributed by atoms with van der Waals surface area (Å²) in [6, 6.07) is 16.7. The molecule has 6 heteroatoms.